The molecule has 22 heavy (non-hydrogen) atoms. The Bertz CT molecular complexity index is 452. The van der Waals surface area contributed by atoms with Gasteiger partial charge in [-0.2, -0.15) is 0 Å². The quantitative estimate of drug-likeness (QED) is 0.645. The van der Waals surface area contributed by atoms with Crippen LogP contribution in [0.5, 0.6) is 0 Å². The zero-order chi connectivity index (χ0) is 15.7. The van der Waals surface area contributed by atoms with Gasteiger partial charge in [0.15, 0.2) is 0 Å². The number of rotatable bonds is 0. The number of fused-ring (bicyclic) bond motifs is 5. The molecule has 0 amide bonds. The summed E-state index contributed by atoms with van der Waals surface area (Å²) in [5, 5.41) is 31.2. The van der Waals surface area contributed by atoms with Crippen LogP contribution >= 0.6 is 0 Å². The van der Waals surface area contributed by atoms with Crippen molar-refractivity contribution in [3.8, 4) is 0 Å². The van der Waals surface area contributed by atoms with E-state index in [1.165, 1.54) is 12.8 Å². The Hall–Kier alpha value is -0.120. The fourth-order valence-electron chi connectivity index (χ4n) is 7.22. The molecular weight excluding hydrogens is 276 g/mol. The van der Waals surface area contributed by atoms with Crippen molar-refractivity contribution in [2.75, 3.05) is 0 Å². The third-order valence-corrected chi connectivity index (χ3v) is 8.40. The molecule has 0 aromatic heterocycles. The summed E-state index contributed by atoms with van der Waals surface area (Å²) in [7, 11) is 0. The van der Waals surface area contributed by atoms with Gasteiger partial charge in [-0.15, -0.1) is 0 Å². The predicted molar refractivity (Wildman–Crippen MR) is 85.1 cm³/mol. The van der Waals surface area contributed by atoms with Gasteiger partial charge in [-0.05, 0) is 85.9 Å². The summed E-state index contributed by atoms with van der Waals surface area (Å²) in [5.74, 6) is 1.91. The first-order valence-electron chi connectivity index (χ1n) is 9.38. The van der Waals surface area contributed by atoms with Gasteiger partial charge in [-0.25, -0.2) is 0 Å². The van der Waals surface area contributed by atoms with Crippen LogP contribution in [-0.2, 0) is 0 Å². The lowest BCUT2D eigenvalue weighted by atomic mass is 9.44. The molecule has 4 aliphatic carbocycles. The van der Waals surface area contributed by atoms with Crippen LogP contribution in [0.25, 0.3) is 0 Å². The summed E-state index contributed by atoms with van der Waals surface area (Å²) < 4.78 is 0. The zero-order valence-corrected chi connectivity index (χ0v) is 14.0. The molecule has 0 aromatic carbocycles. The smallest absolute Gasteiger partial charge is 0.0577 e. The maximum absolute atomic E-state index is 10.9. The minimum absolute atomic E-state index is 0.163. The third kappa shape index (κ3) is 2.04. The highest BCUT2D eigenvalue weighted by Gasteiger charge is 2.61. The Morgan fingerprint density at radius 3 is 2.36 bits per heavy atom. The minimum atomic E-state index is -0.233. The van der Waals surface area contributed by atoms with Gasteiger partial charge in [0.25, 0.3) is 0 Å². The number of hydrogen-bond donors (Lipinski definition) is 3. The molecule has 0 aliphatic heterocycles. The summed E-state index contributed by atoms with van der Waals surface area (Å²) >= 11 is 0. The Morgan fingerprint density at radius 2 is 1.59 bits per heavy atom. The molecule has 4 rings (SSSR count). The Balaban J connectivity index is 1.67. The van der Waals surface area contributed by atoms with Crippen molar-refractivity contribution in [2.45, 2.75) is 83.5 Å². The predicted octanol–water partition coefficient (Wildman–Crippen LogP) is 2.72. The average Bonchev–Trinajstić information content (AvgIpc) is 2.75. The zero-order valence-electron chi connectivity index (χ0n) is 14.0. The normalized spacial score (nSPS) is 61.2. The molecule has 3 heteroatoms. The van der Waals surface area contributed by atoms with Crippen LogP contribution in [0.3, 0.4) is 0 Å². The summed E-state index contributed by atoms with van der Waals surface area (Å²) in [5.41, 5.74) is 0.525. The molecule has 0 unspecified atom stereocenters. The average molecular weight is 308 g/mol. The van der Waals surface area contributed by atoms with Gasteiger partial charge >= 0.3 is 0 Å². The van der Waals surface area contributed by atoms with Crippen molar-refractivity contribution in [1.29, 1.82) is 0 Å². The first-order valence-corrected chi connectivity index (χ1v) is 9.38. The molecule has 4 saturated carbocycles. The van der Waals surface area contributed by atoms with Crippen LogP contribution in [0, 0.1) is 34.5 Å². The number of hydrogen-bond acceptors (Lipinski definition) is 3. The fraction of sp³-hybridized carbons (Fsp3) is 1.00. The second-order valence-corrected chi connectivity index (χ2v) is 9.51. The highest BCUT2D eigenvalue weighted by molar-refractivity contribution is 5.10. The first-order chi connectivity index (χ1) is 10.3. The summed E-state index contributed by atoms with van der Waals surface area (Å²) in [6, 6.07) is 0. The first kappa shape index (κ1) is 15.4. The number of aliphatic hydroxyl groups excluding tert-OH is 3. The van der Waals surface area contributed by atoms with Crippen molar-refractivity contribution >= 4 is 0 Å². The molecule has 0 bridgehead atoms. The minimum Gasteiger partial charge on any atom is -0.393 e. The highest BCUT2D eigenvalue weighted by Crippen LogP contribution is 2.66. The molecule has 0 saturated heterocycles. The van der Waals surface area contributed by atoms with Crippen LogP contribution in [0.4, 0.5) is 0 Å². The summed E-state index contributed by atoms with van der Waals surface area (Å²) in [6.45, 7) is 4.77. The molecule has 126 valence electrons. The van der Waals surface area contributed by atoms with Gasteiger partial charge in [-0.1, -0.05) is 13.8 Å². The second kappa shape index (κ2) is 4.94. The molecule has 0 spiro atoms. The van der Waals surface area contributed by atoms with Crippen molar-refractivity contribution in [2.24, 2.45) is 34.5 Å². The standard InChI is InChI=1S/C19H32O3/c1-18-5-4-14-17(15(18)9-13(21)10-18)16(22)8-11-7-12(20)3-6-19(11,14)2/h11-17,20-22H,3-10H2,1-2H3/t11-,12-,13-,14+,15+,16-,17-,18-,19+/m1/s1. The summed E-state index contributed by atoms with van der Waals surface area (Å²) in [6.07, 6.45) is 7.42. The van der Waals surface area contributed by atoms with Gasteiger partial charge in [0.2, 0.25) is 0 Å². The second-order valence-electron chi connectivity index (χ2n) is 9.51. The van der Waals surface area contributed by atoms with Crippen molar-refractivity contribution < 1.29 is 15.3 Å². The van der Waals surface area contributed by atoms with Crippen LogP contribution < -0.4 is 0 Å². The van der Waals surface area contributed by atoms with Crippen molar-refractivity contribution in [3.63, 3.8) is 0 Å². The van der Waals surface area contributed by atoms with E-state index in [9.17, 15) is 15.3 Å². The van der Waals surface area contributed by atoms with Crippen molar-refractivity contribution in [1.82, 2.24) is 0 Å². The lowest BCUT2D eigenvalue weighted by molar-refractivity contribution is -0.168. The summed E-state index contributed by atoms with van der Waals surface area (Å²) in [4.78, 5) is 0. The lowest BCUT2D eigenvalue weighted by Crippen LogP contribution is -2.57. The highest BCUT2D eigenvalue weighted by atomic mass is 16.3. The van der Waals surface area contributed by atoms with Crippen molar-refractivity contribution in [3.05, 3.63) is 0 Å². The van der Waals surface area contributed by atoms with E-state index in [2.05, 4.69) is 13.8 Å². The van der Waals surface area contributed by atoms with E-state index in [4.69, 9.17) is 0 Å². The maximum Gasteiger partial charge on any atom is 0.0577 e. The van der Waals surface area contributed by atoms with E-state index in [0.29, 0.717) is 23.7 Å². The molecule has 9 atom stereocenters. The van der Waals surface area contributed by atoms with Gasteiger partial charge < -0.3 is 15.3 Å². The van der Waals surface area contributed by atoms with E-state index in [-0.39, 0.29) is 29.1 Å². The van der Waals surface area contributed by atoms with Gasteiger partial charge in [0.05, 0.1) is 18.3 Å². The van der Waals surface area contributed by atoms with E-state index in [1.807, 2.05) is 0 Å². The molecule has 3 N–H and O–H groups in total. The van der Waals surface area contributed by atoms with Gasteiger partial charge in [0.1, 0.15) is 0 Å². The molecule has 4 aliphatic rings. The molecule has 3 nitrogen and oxygen atoms in total. The Kier molecular flexibility index (Phi) is 3.46. The SMILES string of the molecule is C[C@]12CC[C@H]3[C@@H]([C@H](O)C[C@H]4C[C@H](O)CC[C@@]43C)[C@@H]1C[C@@H](O)C2. The lowest BCUT2D eigenvalue weighted by Gasteiger charge is -2.61. The van der Waals surface area contributed by atoms with E-state index in [0.717, 1.165) is 38.5 Å². The van der Waals surface area contributed by atoms with Crippen LogP contribution in [0.15, 0.2) is 0 Å². The third-order valence-electron chi connectivity index (χ3n) is 8.40. The fourth-order valence-corrected chi connectivity index (χ4v) is 7.22. The van der Waals surface area contributed by atoms with Crippen LogP contribution in [0.1, 0.15) is 65.2 Å². The monoisotopic (exact) mass is 308 g/mol. The largest absolute Gasteiger partial charge is 0.393 e. The molecule has 4 fully saturated rings. The van der Waals surface area contributed by atoms with E-state index >= 15 is 0 Å². The van der Waals surface area contributed by atoms with Crippen LogP contribution in [0.2, 0.25) is 0 Å². The Morgan fingerprint density at radius 1 is 0.818 bits per heavy atom. The topological polar surface area (TPSA) is 60.7 Å². The maximum atomic E-state index is 10.9. The van der Waals surface area contributed by atoms with Gasteiger partial charge in [0, 0.05) is 0 Å². The van der Waals surface area contributed by atoms with E-state index in [1.54, 1.807) is 0 Å². The molecule has 0 heterocycles. The number of aliphatic hydroxyl groups is 3. The molecular formula is C19H32O3. The molecule has 0 aromatic rings. The Labute approximate surface area is 134 Å². The van der Waals surface area contributed by atoms with Crippen LogP contribution in [-0.4, -0.2) is 33.6 Å². The molecule has 0 radical (unpaired) electrons. The van der Waals surface area contributed by atoms with E-state index < -0.39 is 0 Å². The van der Waals surface area contributed by atoms with Gasteiger partial charge in [-0.3, -0.25) is 0 Å².